The molecule has 98 valence electrons. The molecule has 0 saturated heterocycles. The van der Waals surface area contributed by atoms with E-state index in [1.165, 1.54) is 5.56 Å². The summed E-state index contributed by atoms with van der Waals surface area (Å²) in [5.74, 6) is 0.764. The van der Waals surface area contributed by atoms with E-state index in [4.69, 9.17) is 4.74 Å². The van der Waals surface area contributed by atoms with Crippen molar-refractivity contribution in [2.45, 2.75) is 12.8 Å². The summed E-state index contributed by atoms with van der Waals surface area (Å²) in [4.78, 5) is 14.6. The number of aldehydes is 1. The van der Waals surface area contributed by atoms with Crippen molar-refractivity contribution in [2.75, 3.05) is 6.61 Å². The zero-order valence-electron chi connectivity index (χ0n) is 10.4. The average molecular weight is 320 g/mol. The molecule has 4 heteroatoms. The van der Waals surface area contributed by atoms with Crippen LogP contribution in [0, 0.1) is 0 Å². The zero-order valence-corrected chi connectivity index (χ0v) is 12.0. The number of benzene rings is 1. The molecule has 2 rings (SSSR count). The van der Waals surface area contributed by atoms with Gasteiger partial charge in [-0.1, -0.05) is 0 Å². The van der Waals surface area contributed by atoms with E-state index in [0.717, 1.165) is 29.4 Å². The van der Waals surface area contributed by atoms with Crippen molar-refractivity contribution in [3.8, 4) is 5.75 Å². The van der Waals surface area contributed by atoms with Gasteiger partial charge in [0.25, 0.3) is 0 Å². The van der Waals surface area contributed by atoms with Gasteiger partial charge in [-0.25, -0.2) is 0 Å². The molecule has 0 bridgehead atoms. The van der Waals surface area contributed by atoms with Crippen molar-refractivity contribution < 1.29 is 9.53 Å². The fourth-order valence-electron chi connectivity index (χ4n) is 1.72. The molecule has 2 aromatic rings. The highest BCUT2D eigenvalue weighted by molar-refractivity contribution is 9.10. The molecule has 0 N–H and O–H groups in total. The van der Waals surface area contributed by atoms with Crippen molar-refractivity contribution in [3.63, 3.8) is 0 Å². The van der Waals surface area contributed by atoms with Crippen LogP contribution < -0.4 is 4.74 Å². The van der Waals surface area contributed by atoms with E-state index in [-0.39, 0.29) is 0 Å². The molecule has 0 unspecified atom stereocenters. The maximum atomic E-state index is 10.6. The summed E-state index contributed by atoms with van der Waals surface area (Å²) in [6, 6.07) is 9.32. The smallest absolute Gasteiger partial charge is 0.150 e. The third-order valence-corrected chi connectivity index (χ3v) is 3.33. The number of ether oxygens (including phenoxy) is 1. The van der Waals surface area contributed by atoms with Crippen LogP contribution >= 0.6 is 15.9 Å². The SMILES string of the molecule is O=Cc1ccc(OCCCc2ccncc2)c(Br)c1. The van der Waals surface area contributed by atoms with Gasteiger partial charge in [0.2, 0.25) is 0 Å². The summed E-state index contributed by atoms with van der Waals surface area (Å²) in [5, 5.41) is 0. The van der Waals surface area contributed by atoms with E-state index < -0.39 is 0 Å². The summed E-state index contributed by atoms with van der Waals surface area (Å²) in [5.41, 5.74) is 1.89. The predicted molar refractivity (Wildman–Crippen MR) is 77.6 cm³/mol. The summed E-state index contributed by atoms with van der Waals surface area (Å²) in [6.07, 6.45) is 6.31. The van der Waals surface area contributed by atoms with Crippen molar-refractivity contribution >= 4 is 22.2 Å². The maximum Gasteiger partial charge on any atom is 0.150 e. The lowest BCUT2D eigenvalue weighted by Gasteiger charge is -2.08. The van der Waals surface area contributed by atoms with E-state index in [1.807, 2.05) is 12.1 Å². The lowest BCUT2D eigenvalue weighted by atomic mass is 10.1. The monoisotopic (exact) mass is 319 g/mol. The minimum atomic E-state index is 0.635. The van der Waals surface area contributed by atoms with Gasteiger partial charge in [-0.3, -0.25) is 9.78 Å². The summed E-state index contributed by atoms with van der Waals surface area (Å²) < 4.78 is 6.49. The van der Waals surface area contributed by atoms with Gasteiger partial charge in [-0.05, 0) is 64.7 Å². The normalized spacial score (nSPS) is 10.2. The van der Waals surface area contributed by atoms with Crippen LogP contribution in [0.2, 0.25) is 0 Å². The molecular formula is C15H14BrNO2. The highest BCUT2D eigenvalue weighted by Gasteiger charge is 2.02. The quantitative estimate of drug-likeness (QED) is 0.602. The van der Waals surface area contributed by atoms with Gasteiger partial charge < -0.3 is 4.74 Å². The molecule has 0 radical (unpaired) electrons. The number of halogens is 1. The minimum Gasteiger partial charge on any atom is -0.492 e. The van der Waals surface area contributed by atoms with Gasteiger partial charge in [0.05, 0.1) is 11.1 Å². The Kier molecular flexibility index (Phi) is 5.10. The summed E-state index contributed by atoms with van der Waals surface area (Å²) >= 11 is 3.39. The van der Waals surface area contributed by atoms with Crippen LogP contribution in [0.15, 0.2) is 47.2 Å². The first-order valence-electron chi connectivity index (χ1n) is 6.06. The second-order valence-corrected chi connectivity index (χ2v) is 4.97. The van der Waals surface area contributed by atoms with Crippen LogP contribution in [0.25, 0.3) is 0 Å². The topological polar surface area (TPSA) is 39.2 Å². The van der Waals surface area contributed by atoms with Crippen molar-refractivity contribution in [1.82, 2.24) is 4.98 Å². The molecule has 1 aromatic heterocycles. The van der Waals surface area contributed by atoms with Crippen molar-refractivity contribution in [1.29, 1.82) is 0 Å². The number of carbonyl (C=O) groups is 1. The number of aryl methyl sites for hydroxylation is 1. The molecule has 19 heavy (non-hydrogen) atoms. The maximum absolute atomic E-state index is 10.6. The molecule has 0 aliphatic carbocycles. The van der Waals surface area contributed by atoms with Crippen LogP contribution in [0.4, 0.5) is 0 Å². The van der Waals surface area contributed by atoms with Gasteiger partial charge >= 0.3 is 0 Å². The Hall–Kier alpha value is -1.68. The van der Waals surface area contributed by atoms with E-state index >= 15 is 0 Å². The molecule has 1 aromatic carbocycles. The van der Waals surface area contributed by atoms with Gasteiger partial charge in [0, 0.05) is 18.0 Å². The Morgan fingerprint density at radius 1 is 1.21 bits per heavy atom. The summed E-state index contributed by atoms with van der Waals surface area (Å²) in [6.45, 7) is 0.640. The molecular weight excluding hydrogens is 306 g/mol. The van der Waals surface area contributed by atoms with E-state index in [2.05, 4.69) is 20.9 Å². The van der Waals surface area contributed by atoms with Crippen LogP contribution in [0.3, 0.4) is 0 Å². The second kappa shape index (κ2) is 7.04. The molecule has 0 amide bonds. The van der Waals surface area contributed by atoms with Crippen molar-refractivity contribution in [3.05, 3.63) is 58.3 Å². The third-order valence-electron chi connectivity index (χ3n) is 2.71. The van der Waals surface area contributed by atoms with Gasteiger partial charge in [0.15, 0.2) is 0 Å². The van der Waals surface area contributed by atoms with Gasteiger partial charge in [0.1, 0.15) is 12.0 Å². The lowest BCUT2D eigenvalue weighted by Crippen LogP contribution is -2.00. The Balaban J connectivity index is 1.81. The lowest BCUT2D eigenvalue weighted by molar-refractivity contribution is 0.112. The fraction of sp³-hybridized carbons (Fsp3) is 0.200. The Morgan fingerprint density at radius 3 is 2.68 bits per heavy atom. The molecule has 0 fully saturated rings. The van der Waals surface area contributed by atoms with E-state index in [9.17, 15) is 4.79 Å². The molecule has 0 aliphatic heterocycles. The number of aromatic nitrogens is 1. The van der Waals surface area contributed by atoms with Crippen LogP contribution in [-0.4, -0.2) is 17.9 Å². The number of nitrogens with zero attached hydrogens (tertiary/aromatic N) is 1. The summed E-state index contributed by atoms with van der Waals surface area (Å²) in [7, 11) is 0. The number of hydrogen-bond acceptors (Lipinski definition) is 3. The van der Waals surface area contributed by atoms with Crippen molar-refractivity contribution in [2.24, 2.45) is 0 Å². The standard InChI is InChI=1S/C15H14BrNO2/c16-14-10-13(11-18)3-4-15(14)19-9-1-2-12-5-7-17-8-6-12/h3-8,10-11H,1-2,9H2. The molecule has 3 nitrogen and oxygen atoms in total. The molecule has 0 spiro atoms. The van der Waals surface area contributed by atoms with Gasteiger partial charge in [-0.2, -0.15) is 0 Å². The Morgan fingerprint density at radius 2 is 2.00 bits per heavy atom. The second-order valence-electron chi connectivity index (χ2n) is 4.12. The van der Waals surface area contributed by atoms with E-state index in [1.54, 1.807) is 30.6 Å². The number of hydrogen-bond donors (Lipinski definition) is 0. The number of carbonyl (C=O) groups excluding carboxylic acids is 1. The molecule has 0 aliphatic rings. The minimum absolute atomic E-state index is 0.635. The highest BCUT2D eigenvalue weighted by atomic mass is 79.9. The first kappa shape index (κ1) is 13.7. The average Bonchev–Trinajstić information content (AvgIpc) is 2.46. The Labute approximate surface area is 120 Å². The molecule has 0 atom stereocenters. The van der Waals surface area contributed by atoms with Crippen LogP contribution in [0.5, 0.6) is 5.75 Å². The number of pyridine rings is 1. The van der Waals surface area contributed by atoms with E-state index in [0.29, 0.717) is 12.2 Å². The fourth-order valence-corrected chi connectivity index (χ4v) is 2.23. The highest BCUT2D eigenvalue weighted by Crippen LogP contribution is 2.25. The first-order chi connectivity index (χ1) is 9.29. The predicted octanol–water partition coefficient (Wildman–Crippen LogP) is 3.67. The Bertz CT molecular complexity index is 543. The third kappa shape index (κ3) is 4.17. The molecule has 0 saturated carbocycles. The zero-order chi connectivity index (χ0) is 13.5. The number of rotatable bonds is 6. The van der Waals surface area contributed by atoms with Crippen LogP contribution in [0.1, 0.15) is 22.3 Å². The largest absolute Gasteiger partial charge is 0.492 e. The van der Waals surface area contributed by atoms with Crippen LogP contribution in [-0.2, 0) is 6.42 Å². The molecule has 1 heterocycles. The van der Waals surface area contributed by atoms with Gasteiger partial charge in [-0.15, -0.1) is 0 Å². The first-order valence-corrected chi connectivity index (χ1v) is 6.85.